The average molecular weight is 368 g/mol. The zero-order valence-electron chi connectivity index (χ0n) is 16.8. The molecule has 3 rings (SSSR count). The predicted molar refractivity (Wildman–Crippen MR) is 114 cm³/mol. The molecule has 2 heterocycles. The second kappa shape index (κ2) is 9.70. The summed E-state index contributed by atoms with van der Waals surface area (Å²) >= 11 is 0. The Bertz CT molecular complexity index is 775. The van der Waals surface area contributed by atoms with Crippen LogP contribution in [0.1, 0.15) is 57.0 Å². The first-order chi connectivity index (χ1) is 13.2. The van der Waals surface area contributed by atoms with Crippen LogP contribution >= 0.6 is 0 Å². The number of nitrogens with two attached hydrogens (primary N) is 1. The first-order valence-electron chi connectivity index (χ1n) is 10.4. The van der Waals surface area contributed by atoms with Crippen LogP contribution in [-0.4, -0.2) is 29.0 Å². The summed E-state index contributed by atoms with van der Waals surface area (Å²) in [5, 5.41) is 3.23. The molecule has 0 radical (unpaired) electrons. The maximum atomic E-state index is 6.19. The Labute approximate surface area is 163 Å². The van der Waals surface area contributed by atoms with Gasteiger partial charge in [0.15, 0.2) is 0 Å². The van der Waals surface area contributed by atoms with E-state index in [1.807, 2.05) is 13.1 Å². The van der Waals surface area contributed by atoms with Gasteiger partial charge in [0, 0.05) is 24.9 Å². The summed E-state index contributed by atoms with van der Waals surface area (Å²) in [6.07, 6.45) is 8.95. The van der Waals surface area contributed by atoms with Crippen molar-refractivity contribution in [3.05, 3.63) is 35.8 Å². The molecule has 1 aliphatic rings. The Morgan fingerprint density at radius 1 is 1.11 bits per heavy atom. The van der Waals surface area contributed by atoms with E-state index in [1.54, 1.807) is 0 Å². The van der Waals surface area contributed by atoms with Crippen molar-refractivity contribution in [2.75, 3.05) is 13.6 Å². The van der Waals surface area contributed by atoms with Gasteiger partial charge in [-0.3, -0.25) is 0 Å². The summed E-state index contributed by atoms with van der Waals surface area (Å²) in [5.41, 5.74) is 10.6. The number of benzene rings is 1. The van der Waals surface area contributed by atoms with Crippen LogP contribution in [0.5, 0.6) is 0 Å². The first kappa shape index (κ1) is 19.6. The van der Waals surface area contributed by atoms with Gasteiger partial charge >= 0.3 is 0 Å². The lowest BCUT2D eigenvalue weighted by Gasteiger charge is -2.14. The number of hydrogen-bond acceptors (Lipinski definition) is 4. The van der Waals surface area contributed by atoms with Gasteiger partial charge < -0.3 is 15.6 Å². The molecule has 0 unspecified atom stereocenters. The van der Waals surface area contributed by atoms with E-state index in [1.165, 1.54) is 50.0 Å². The van der Waals surface area contributed by atoms with Crippen molar-refractivity contribution in [3.8, 4) is 11.3 Å². The van der Waals surface area contributed by atoms with Gasteiger partial charge in [-0.2, -0.15) is 0 Å². The van der Waals surface area contributed by atoms with Crippen LogP contribution in [0.25, 0.3) is 11.3 Å². The van der Waals surface area contributed by atoms with Gasteiger partial charge in [0.25, 0.3) is 0 Å². The Balaban J connectivity index is 1.93. The number of nitrogens with zero attached hydrogens (tertiary/aromatic N) is 3. The normalized spacial score (nSPS) is 13.0. The summed E-state index contributed by atoms with van der Waals surface area (Å²) < 4.78 is 2.46. The molecule has 0 amide bonds. The largest absolute Gasteiger partial charge is 0.387 e. The number of hydrogen-bond donors (Lipinski definition) is 2. The summed E-state index contributed by atoms with van der Waals surface area (Å²) in [6.45, 7) is 4.34. The standard InChI is InChI=1S/C22H33N5/c1-3-4-6-13-21-26-19-16-20(23)25-18-12-8-7-11-17(18)22(19)27(21)15-10-5-9-14-24-2/h7-8,11-12,24H,3-6,9-10,13-16H2,1-2H3,(H2,23,25). The third kappa shape index (κ3) is 4.78. The smallest absolute Gasteiger partial charge is 0.109 e. The molecule has 0 saturated heterocycles. The Kier molecular flexibility index (Phi) is 7.04. The summed E-state index contributed by atoms with van der Waals surface area (Å²) in [7, 11) is 2.02. The second-order valence-electron chi connectivity index (χ2n) is 7.39. The van der Waals surface area contributed by atoms with Crippen LogP contribution in [0.2, 0.25) is 0 Å². The number of rotatable bonds is 10. The molecular formula is C22H33N5. The number of aliphatic imine (C=N–C) groups is 1. The number of aromatic nitrogens is 2. The molecule has 1 aliphatic heterocycles. The maximum Gasteiger partial charge on any atom is 0.109 e. The minimum Gasteiger partial charge on any atom is -0.387 e. The van der Waals surface area contributed by atoms with Crippen molar-refractivity contribution in [2.24, 2.45) is 10.7 Å². The van der Waals surface area contributed by atoms with Crippen molar-refractivity contribution in [1.29, 1.82) is 0 Å². The second-order valence-corrected chi connectivity index (χ2v) is 7.39. The minimum absolute atomic E-state index is 0.636. The third-order valence-corrected chi connectivity index (χ3v) is 5.20. The lowest BCUT2D eigenvalue weighted by molar-refractivity contribution is 0.554. The van der Waals surface area contributed by atoms with Crippen LogP contribution in [0.15, 0.2) is 29.3 Å². The van der Waals surface area contributed by atoms with Gasteiger partial charge in [-0.1, -0.05) is 44.4 Å². The van der Waals surface area contributed by atoms with E-state index in [2.05, 4.69) is 40.0 Å². The van der Waals surface area contributed by atoms with Crippen molar-refractivity contribution in [2.45, 2.75) is 64.8 Å². The highest BCUT2D eigenvalue weighted by Gasteiger charge is 2.23. The Morgan fingerprint density at radius 2 is 1.96 bits per heavy atom. The van der Waals surface area contributed by atoms with E-state index < -0.39 is 0 Å². The molecule has 0 fully saturated rings. The monoisotopic (exact) mass is 367 g/mol. The highest BCUT2D eigenvalue weighted by Crippen LogP contribution is 2.36. The van der Waals surface area contributed by atoms with Crippen molar-refractivity contribution >= 4 is 11.5 Å². The van der Waals surface area contributed by atoms with Gasteiger partial charge in [0.2, 0.25) is 0 Å². The summed E-state index contributed by atoms with van der Waals surface area (Å²) in [4.78, 5) is 9.66. The Hall–Kier alpha value is -2.14. The highest BCUT2D eigenvalue weighted by molar-refractivity contribution is 5.92. The summed E-state index contributed by atoms with van der Waals surface area (Å²) in [5.74, 6) is 1.87. The van der Waals surface area contributed by atoms with E-state index in [9.17, 15) is 0 Å². The molecule has 5 heteroatoms. The van der Waals surface area contributed by atoms with E-state index in [0.717, 1.165) is 36.5 Å². The average Bonchev–Trinajstić information content (AvgIpc) is 2.91. The lowest BCUT2D eigenvalue weighted by Crippen LogP contribution is -2.14. The van der Waals surface area contributed by atoms with Crippen LogP contribution < -0.4 is 11.1 Å². The summed E-state index contributed by atoms with van der Waals surface area (Å²) in [6, 6.07) is 8.32. The molecule has 1 aromatic heterocycles. The van der Waals surface area contributed by atoms with Gasteiger partial charge in [0.1, 0.15) is 11.7 Å². The fourth-order valence-electron chi connectivity index (χ4n) is 3.83. The zero-order chi connectivity index (χ0) is 19.1. The molecule has 0 spiro atoms. The van der Waals surface area contributed by atoms with Crippen molar-refractivity contribution in [1.82, 2.24) is 14.9 Å². The quantitative estimate of drug-likeness (QED) is 0.618. The number of para-hydroxylation sites is 1. The van der Waals surface area contributed by atoms with Crippen LogP contribution in [0, 0.1) is 0 Å². The topological polar surface area (TPSA) is 68.2 Å². The van der Waals surface area contributed by atoms with Crippen LogP contribution in [0.4, 0.5) is 5.69 Å². The molecule has 146 valence electrons. The van der Waals surface area contributed by atoms with Gasteiger partial charge in [-0.05, 0) is 38.9 Å². The first-order valence-corrected chi connectivity index (χ1v) is 10.4. The fourth-order valence-corrected chi connectivity index (χ4v) is 3.83. The number of unbranched alkanes of at least 4 members (excludes halogenated alkanes) is 4. The van der Waals surface area contributed by atoms with E-state index in [4.69, 9.17) is 10.7 Å². The number of fused-ring (bicyclic) bond motifs is 3. The maximum absolute atomic E-state index is 6.19. The highest BCUT2D eigenvalue weighted by atomic mass is 15.1. The predicted octanol–water partition coefficient (Wildman–Crippen LogP) is 4.22. The van der Waals surface area contributed by atoms with Gasteiger partial charge in [0.05, 0.1) is 17.1 Å². The number of imidazole rings is 1. The van der Waals surface area contributed by atoms with Crippen LogP contribution in [-0.2, 0) is 19.4 Å². The van der Waals surface area contributed by atoms with Gasteiger partial charge in [-0.25, -0.2) is 9.98 Å². The third-order valence-electron chi connectivity index (χ3n) is 5.20. The fraction of sp³-hybridized carbons (Fsp3) is 0.545. The number of nitrogens with one attached hydrogen (secondary N) is 1. The molecule has 3 N–H and O–H groups in total. The van der Waals surface area contributed by atoms with E-state index in [0.29, 0.717) is 12.3 Å². The molecule has 0 saturated carbocycles. The van der Waals surface area contributed by atoms with E-state index in [-0.39, 0.29) is 0 Å². The molecule has 5 nitrogen and oxygen atoms in total. The zero-order valence-corrected chi connectivity index (χ0v) is 16.8. The molecule has 27 heavy (non-hydrogen) atoms. The molecule has 2 aromatic rings. The van der Waals surface area contributed by atoms with Crippen LogP contribution in [0.3, 0.4) is 0 Å². The lowest BCUT2D eigenvalue weighted by atomic mass is 10.1. The molecule has 1 aromatic carbocycles. The molecule has 0 bridgehead atoms. The number of aryl methyl sites for hydroxylation is 1. The number of amidine groups is 1. The van der Waals surface area contributed by atoms with Gasteiger partial charge in [-0.15, -0.1) is 0 Å². The molecular weight excluding hydrogens is 334 g/mol. The molecule has 0 atom stereocenters. The van der Waals surface area contributed by atoms with Crippen molar-refractivity contribution in [3.63, 3.8) is 0 Å². The Morgan fingerprint density at radius 3 is 2.78 bits per heavy atom. The SMILES string of the molecule is CCCCCc1nc2c(n1CCCCCNC)-c1ccccc1N=C(N)C2. The molecule has 0 aliphatic carbocycles. The van der Waals surface area contributed by atoms with E-state index >= 15 is 0 Å². The minimum atomic E-state index is 0.636. The van der Waals surface area contributed by atoms with Crippen molar-refractivity contribution < 1.29 is 0 Å².